The molecule has 0 saturated heterocycles. The summed E-state index contributed by atoms with van der Waals surface area (Å²) in [5.74, 6) is 0.655. The van der Waals surface area contributed by atoms with E-state index in [-0.39, 0.29) is 0 Å². The first-order chi connectivity index (χ1) is 10.8. The Bertz CT molecular complexity index is 783. The molecule has 22 heavy (non-hydrogen) atoms. The van der Waals surface area contributed by atoms with Crippen molar-refractivity contribution in [3.05, 3.63) is 59.4 Å². The fourth-order valence-corrected chi connectivity index (χ4v) is 2.40. The van der Waals surface area contributed by atoms with Gasteiger partial charge in [0.05, 0.1) is 6.21 Å². The van der Waals surface area contributed by atoms with Crippen molar-refractivity contribution < 1.29 is 0 Å². The van der Waals surface area contributed by atoms with Gasteiger partial charge in [-0.2, -0.15) is 9.78 Å². The minimum Gasteiger partial charge on any atom is -0.264 e. The molecule has 0 aliphatic carbocycles. The number of pyridine rings is 1. The molecule has 3 aromatic rings. The molecule has 0 saturated carbocycles. The Hall–Kier alpha value is -2.18. The maximum Gasteiger partial charge on any atom is 0.212 e. The van der Waals surface area contributed by atoms with Crippen LogP contribution >= 0.6 is 23.4 Å². The van der Waals surface area contributed by atoms with Crippen LogP contribution in [0.5, 0.6) is 0 Å². The number of hydrogen-bond donors (Lipinski definition) is 0. The van der Waals surface area contributed by atoms with E-state index in [4.69, 9.17) is 11.6 Å². The van der Waals surface area contributed by atoms with Crippen LogP contribution < -0.4 is 0 Å². The zero-order chi connectivity index (χ0) is 15.4. The number of hydrogen-bond acceptors (Lipinski definition) is 5. The highest BCUT2D eigenvalue weighted by Crippen LogP contribution is 2.21. The van der Waals surface area contributed by atoms with Gasteiger partial charge in [0.25, 0.3) is 0 Å². The lowest BCUT2D eigenvalue weighted by Gasteiger charge is -2.02. The van der Waals surface area contributed by atoms with Gasteiger partial charge in [-0.15, -0.1) is 10.2 Å². The van der Waals surface area contributed by atoms with Crippen molar-refractivity contribution in [3.63, 3.8) is 0 Å². The first-order valence-electron chi connectivity index (χ1n) is 6.47. The van der Waals surface area contributed by atoms with Crippen molar-refractivity contribution in [2.75, 3.05) is 6.26 Å². The SMILES string of the molecule is CSc1nnc(-c2cccnc2)n1/N=C/c1ccc(Cl)cc1. The first-order valence-corrected chi connectivity index (χ1v) is 8.08. The molecule has 0 bridgehead atoms. The summed E-state index contributed by atoms with van der Waals surface area (Å²) in [7, 11) is 0. The standard InChI is InChI=1S/C15H12ClN5S/c1-22-15-20-19-14(12-3-2-8-17-10-12)21(15)18-9-11-4-6-13(16)7-5-11/h2-10H,1H3/b18-9+. The average molecular weight is 330 g/mol. The average Bonchev–Trinajstić information content (AvgIpc) is 2.98. The molecule has 0 aliphatic heterocycles. The van der Waals surface area contributed by atoms with Gasteiger partial charge in [-0.3, -0.25) is 4.98 Å². The zero-order valence-electron chi connectivity index (χ0n) is 11.7. The van der Waals surface area contributed by atoms with Crippen molar-refractivity contribution in [1.29, 1.82) is 0 Å². The minimum atomic E-state index is 0.655. The second-order valence-corrected chi connectivity index (χ2v) is 5.57. The fourth-order valence-electron chi connectivity index (χ4n) is 1.85. The Morgan fingerprint density at radius 2 is 2.00 bits per heavy atom. The highest BCUT2D eigenvalue weighted by atomic mass is 35.5. The second kappa shape index (κ2) is 6.72. The molecular formula is C15H12ClN5S. The molecule has 5 nitrogen and oxygen atoms in total. The minimum absolute atomic E-state index is 0.655. The van der Waals surface area contributed by atoms with Crippen molar-refractivity contribution in [2.24, 2.45) is 5.10 Å². The zero-order valence-corrected chi connectivity index (χ0v) is 13.3. The van der Waals surface area contributed by atoms with E-state index in [0.717, 1.165) is 11.1 Å². The van der Waals surface area contributed by atoms with Gasteiger partial charge in [0, 0.05) is 23.0 Å². The lowest BCUT2D eigenvalue weighted by molar-refractivity contribution is 0.774. The lowest BCUT2D eigenvalue weighted by atomic mass is 10.2. The molecule has 2 heterocycles. The lowest BCUT2D eigenvalue weighted by Crippen LogP contribution is -1.96. The van der Waals surface area contributed by atoms with Crippen LogP contribution in [0.3, 0.4) is 0 Å². The summed E-state index contributed by atoms with van der Waals surface area (Å²) in [5, 5.41) is 14.2. The van der Waals surface area contributed by atoms with E-state index in [9.17, 15) is 0 Å². The Morgan fingerprint density at radius 1 is 1.18 bits per heavy atom. The van der Waals surface area contributed by atoms with Gasteiger partial charge in [-0.25, -0.2) is 0 Å². The van der Waals surface area contributed by atoms with Crippen molar-refractivity contribution in [2.45, 2.75) is 5.16 Å². The van der Waals surface area contributed by atoms with Crippen LogP contribution in [-0.4, -0.2) is 32.3 Å². The Kier molecular flexibility index (Phi) is 4.50. The summed E-state index contributed by atoms with van der Waals surface area (Å²) < 4.78 is 1.70. The van der Waals surface area contributed by atoms with Gasteiger partial charge >= 0.3 is 0 Å². The highest BCUT2D eigenvalue weighted by Gasteiger charge is 2.12. The number of benzene rings is 1. The second-order valence-electron chi connectivity index (χ2n) is 4.36. The van der Waals surface area contributed by atoms with Gasteiger partial charge in [-0.1, -0.05) is 35.5 Å². The molecular weight excluding hydrogens is 318 g/mol. The van der Waals surface area contributed by atoms with E-state index in [1.165, 1.54) is 11.8 Å². The first kappa shape index (κ1) is 14.7. The molecule has 2 aromatic heterocycles. The molecule has 3 rings (SSSR count). The summed E-state index contributed by atoms with van der Waals surface area (Å²) in [4.78, 5) is 4.11. The number of nitrogens with zero attached hydrogens (tertiary/aromatic N) is 5. The van der Waals surface area contributed by atoms with E-state index < -0.39 is 0 Å². The molecule has 0 fully saturated rings. The Labute approximate surface area is 137 Å². The summed E-state index contributed by atoms with van der Waals surface area (Å²) in [6.45, 7) is 0. The third kappa shape index (κ3) is 3.18. The summed E-state index contributed by atoms with van der Waals surface area (Å²) in [5.41, 5.74) is 1.81. The predicted octanol–water partition coefficient (Wildman–Crippen LogP) is 3.60. The third-order valence-electron chi connectivity index (χ3n) is 2.91. The molecule has 0 radical (unpaired) electrons. The van der Waals surface area contributed by atoms with Crippen molar-refractivity contribution in [3.8, 4) is 11.4 Å². The van der Waals surface area contributed by atoms with E-state index in [0.29, 0.717) is 16.0 Å². The molecule has 0 amide bonds. The summed E-state index contributed by atoms with van der Waals surface area (Å²) >= 11 is 7.37. The van der Waals surface area contributed by atoms with Crippen LogP contribution in [0.2, 0.25) is 5.02 Å². The summed E-state index contributed by atoms with van der Waals surface area (Å²) in [6.07, 6.45) is 7.14. The normalized spacial score (nSPS) is 11.2. The molecule has 110 valence electrons. The molecule has 0 atom stereocenters. The number of halogens is 1. The number of rotatable bonds is 4. The van der Waals surface area contributed by atoms with Crippen LogP contribution in [0, 0.1) is 0 Å². The molecule has 0 aliphatic rings. The largest absolute Gasteiger partial charge is 0.264 e. The summed E-state index contributed by atoms with van der Waals surface area (Å²) in [6, 6.07) is 11.2. The monoisotopic (exact) mass is 329 g/mol. The smallest absolute Gasteiger partial charge is 0.212 e. The maximum atomic E-state index is 5.88. The Balaban J connectivity index is 1.98. The maximum absolute atomic E-state index is 5.88. The van der Waals surface area contributed by atoms with Crippen LogP contribution in [0.25, 0.3) is 11.4 Å². The molecule has 1 aromatic carbocycles. The van der Waals surface area contributed by atoms with Gasteiger partial charge in [0.15, 0.2) is 5.82 Å². The Morgan fingerprint density at radius 3 is 2.68 bits per heavy atom. The highest BCUT2D eigenvalue weighted by molar-refractivity contribution is 7.98. The molecule has 7 heteroatoms. The topological polar surface area (TPSA) is 56.0 Å². The van der Waals surface area contributed by atoms with Crippen molar-refractivity contribution in [1.82, 2.24) is 19.9 Å². The third-order valence-corrected chi connectivity index (χ3v) is 3.78. The van der Waals surface area contributed by atoms with E-state index in [1.807, 2.05) is 42.7 Å². The van der Waals surface area contributed by atoms with Gasteiger partial charge in [-0.05, 0) is 36.1 Å². The predicted molar refractivity (Wildman–Crippen MR) is 89.5 cm³/mol. The van der Waals surface area contributed by atoms with Gasteiger partial charge in [0.1, 0.15) is 0 Å². The van der Waals surface area contributed by atoms with Crippen LogP contribution in [-0.2, 0) is 0 Å². The molecule has 0 unspecified atom stereocenters. The molecule has 0 N–H and O–H groups in total. The van der Waals surface area contributed by atoms with Crippen LogP contribution in [0.15, 0.2) is 59.0 Å². The fraction of sp³-hybridized carbons (Fsp3) is 0.0667. The molecule has 0 spiro atoms. The van der Waals surface area contributed by atoms with Gasteiger partial charge < -0.3 is 0 Å². The van der Waals surface area contributed by atoms with Crippen LogP contribution in [0.1, 0.15) is 5.56 Å². The van der Waals surface area contributed by atoms with E-state index in [2.05, 4.69) is 20.3 Å². The van der Waals surface area contributed by atoms with E-state index >= 15 is 0 Å². The van der Waals surface area contributed by atoms with Crippen LogP contribution in [0.4, 0.5) is 0 Å². The quantitative estimate of drug-likeness (QED) is 0.542. The van der Waals surface area contributed by atoms with Gasteiger partial charge in [0.2, 0.25) is 5.16 Å². The van der Waals surface area contributed by atoms with Crippen molar-refractivity contribution >= 4 is 29.6 Å². The number of aromatic nitrogens is 4. The van der Waals surface area contributed by atoms with E-state index in [1.54, 1.807) is 23.3 Å². The number of thioether (sulfide) groups is 1.